The Bertz CT molecular complexity index is 750. The van der Waals surface area contributed by atoms with Crippen LogP contribution < -0.4 is 0 Å². The lowest BCUT2D eigenvalue weighted by molar-refractivity contribution is 1.15. The van der Waals surface area contributed by atoms with E-state index in [1.165, 1.54) is 5.56 Å². The van der Waals surface area contributed by atoms with E-state index >= 15 is 0 Å². The summed E-state index contributed by atoms with van der Waals surface area (Å²) < 4.78 is 0. The maximum atomic E-state index is 6.47. The summed E-state index contributed by atoms with van der Waals surface area (Å²) >= 11 is 12.5. The Kier molecular flexibility index (Phi) is 2.89. The maximum Gasteiger partial charge on any atom is 0.0739 e. The lowest BCUT2D eigenvalue weighted by Crippen LogP contribution is -1.87. The minimum atomic E-state index is 0.676. The average molecular weight is 276 g/mol. The number of aromatic nitrogens is 1. The van der Waals surface area contributed by atoms with E-state index in [0.29, 0.717) is 5.02 Å². The zero-order chi connectivity index (χ0) is 12.7. The molecule has 0 radical (unpaired) electrons. The topological polar surface area (TPSA) is 12.9 Å². The van der Waals surface area contributed by atoms with E-state index in [1.807, 2.05) is 24.3 Å². The minimum Gasteiger partial charge on any atom is -0.248 e. The normalized spacial score (nSPS) is 11.3. The Morgan fingerprint density at radius 3 is 2.56 bits per heavy atom. The van der Waals surface area contributed by atoms with Crippen LogP contribution in [0.15, 0.2) is 36.4 Å². The quantitative estimate of drug-likeness (QED) is 0.552. The number of fused-ring (bicyclic) bond motifs is 2. The van der Waals surface area contributed by atoms with Gasteiger partial charge in [-0.25, -0.2) is 4.98 Å². The first-order chi connectivity index (χ1) is 8.69. The molecule has 18 heavy (non-hydrogen) atoms. The van der Waals surface area contributed by atoms with Gasteiger partial charge in [-0.15, -0.1) is 0 Å². The van der Waals surface area contributed by atoms with Crippen LogP contribution in [0.2, 0.25) is 10.0 Å². The van der Waals surface area contributed by atoms with Crippen LogP contribution in [0.4, 0.5) is 0 Å². The Morgan fingerprint density at radius 1 is 0.944 bits per heavy atom. The summed E-state index contributed by atoms with van der Waals surface area (Å²) in [5, 5.41) is 3.38. The zero-order valence-corrected chi connectivity index (χ0v) is 11.4. The molecule has 0 unspecified atom stereocenters. The molecule has 0 fully saturated rings. The molecule has 0 atom stereocenters. The number of benzene rings is 2. The van der Waals surface area contributed by atoms with E-state index in [0.717, 1.165) is 33.2 Å². The lowest BCUT2D eigenvalue weighted by atomic mass is 10.1. The van der Waals surface area contributed by atoms with E-state index in [9.17, 15) is 0 Å². The molecule has 2 aromatic carbocycles. The van der Waals surface area contributed by atoms with Gasteiger partial charge in [0.25, 0.3) is 0 Å². The van der Waals surface area contributed by atoms with Crippen LogP contribution >= 0.6 is 23.2 Å². The molecule has 0 bridgehead atoms. The fourth-order valence-corrected chi connectivity index (χ4v) is 2.61. The summed E-state index contributed by atoms with van der Waals surface area (Å²) in [6, 6.07) is 11.8. The van der Waals surface area contributed by atoms with Crippen molar-refractivity contribution < 1.29 is 0 Å². The van der Waals surface area contributed by atoms with Gasteiger partial charge in [0.2, 0.25) is 0 Å². The van der Waals surface area contributed by atoms with Crippen molar-refractivity contribution in [2.24, 2.45) is 0 Å². The number of pyridine rings is 1. The van der Waals surface area contributed by atoms with Crippen molar-refractivity contribution >= 4 is 45.0 Å². The van der Waals surface area contributed by atoms with Crippen molar-refractivity contribution in [2.45, 2.75) is 13.3 Å². The van der Waals surface area contributed by atoms with E-state index < -0.39 is 0 Å². The van der Waals surface area contributed by atoms with Crippen LogP contribution in [0.3, 0.4) is 0 Å². The molecule has 0 aliphatic carbocycles. The molecule has 3 aromatic rings. The number of hydrogen-bond donors (Lipinski definition) is 0. The first-order valence-corrected chi connectivity index (χ1v) is 6.62. The van der Waals surface area contributed by atoms with Gasteiger partial charge in [-0.2, -0.15) is 0 Å². The molecular weight excluding hydrogens is 265 g/mol. The number of aryl methyl sites for hydroxylation is 1. The highest BCUT2D eigenvalue weighted by Gasteiger charge is 2.08. The third-order valence-corrected chi connectivity index (χ3v) is 3.79. The molecule has 3 heteroatoms. The van der Waals surface area contributed by atoms with Crippen molar-refractivity contribution in [3.63, 3.8) is 0 Å². The van der Waals surface area contributed by atoms with Gasteiger partial charge in [-0.05, 0) is 42.3 Å². The first kappa shape index (κ1) is 11.8. The monoisotopic (exact) mass is 275 g/mol. The van der Waals surface area contributed by atoms with E-state index in [-0.39, 0.29) is 0 Å². The summed E-state index contributed by atoms with van der Waals surface area (Å²) in [6.07, 6.45) is 0.991. The zero-order valence-electron chi connectivity index (χ0n) is 9.87. The fraction of sp³-hybridized carbons (Fsp3) is 0.133. The smallest absolute Gasteiger partial charge is 0.0739 e. The molecule has 90 valence electrons. The Hall–Kier alpha value is -1.31. The van der Waals surface area contributed by atoms with Crippen LogP contribution in [0, 0.1) is 0 Å². The van der Waals surface area contributed by atoms with Crippen LogP contribution in [-0.2, 0) is 6.42 Å². The Balaban J connectivity index is 2.44. The van der Waals surface area contributed by atoms with Crippen LogP contribution in [0.5, 0.6) is 0 Å². The van der Waals surface area contributed by atoms with Gasteiger partial charge in [0, 0.05) is 15.8 Å². The number of rotatable bonds is 1. The Morgan fingerprint density at radius 2 is 1.78 bits per heavy atom. The highest BCUT2D eigenvalue weighted by molar-refractivity contribution is 6.40. The van der Waals surface area contributed by atoms with E-state index in [1.54, 1.807) is 0 Å². The van der Waals surface area contributed by atoms with Gasteiger partial charge in [0.15, 0.2) is 0 Å². The molecule has 0 saturated carbocycles. The molecule has 0 aliphatic heterocycles. The molecule has 0 spiro atoms. The second kappa shape index (κ2) is 4.42. The molecule has 0 amide bonds. The van der Waals surface area contributed by atoms with Gasteiger partial charge in [-0.3, -0.25) is 0 Å². The van der Waals surface area contributed by atoms with Crippen molar-refractivity contribution in [3.8, 4) is 0 Å². The lowest BCUT2D eigenvalue weighted by Gasteiger charge is -2.07. The molecule has 3 rings (SSSR count). The van der Waals surface area contributed by atoms with Crippen molar-refractivity contribution in [2.75, 3.05) is 0 Å². The van der Waals surface area contributed by atoms with Crippen molar-refractivity contribution in [1.29, 1.82) is 0 Å². The fourth-order valence-electron chi connectivity index (χ4n) is 2.13. The maximum absolute atomic E-state index is 6.47. The van der Waals surface area contributed by atoms with Gasteiger partial charge in [0.1, 0.15) is 0 Å². The molecule has 0 N–H and O–H groups in total. The molecule has 0 saturated heterocycles. The predicted octanol–water partition coefficient (Wildman–Crippen LogP) is 5.26. The van der Waals surface area contributed by atoms with Gasteiger partial charge in [0.05, 0.1) is 16.1 Å². The van der Waals surface area contributed by atoms with Crippen LogP contribution in [0.1, 0.15) is 12.5 Å². The minimum absolute atomic E-state index is 0.676. The van der Waals surface area contributed by atoms with Crippen LogP contribution in [0.25, 0.3) is 21.8 Å². The predicted molar refractivity (Wildman–Crippen MR) is 78.6 cm³/mol. The second-order valence-corrected chi connectivity index (χ2v) is 5.11. The number of halogens is 2. The number of nitrogens with zero attached hydrogens (tertiary/aromatic N) is 1. The van der Waals surface area contributed by atoms with Gasteiger partial charge < -0.3 is 0 Å². The highest BCUT2D eigenvalue weighted by Crippen LogP contribution is 2.32. The summed E-state index contributed by atoms with van der Waals surface area (Å²) in [6.45, 7) is 2.13. The molecule has 1 nitrogen and oxygen atoms in total. The van der Waals surface area contributed by atoms with Crippen molar-refractivity contribution in [1.82, 2.24) is 4.98 Å². The van der Waals surface area contributed by atoms with Gasteiger partial charge in [-0.1, -0.05) is 36.2 Å². The molecule has 1 heterocycles. The standard InChI is InChI=1S/C15H11Cl2N/c1-2-9-3-6-13-12(7-9)15(17)11-5-4-10(16)8-14(11)18-13/h3-8H,2H2,1H3. The number of hydrogen-bond acceptors (Lipinski definition) is 1. The van der Waals surface area contributed by atoms with E-state index in [2.05, 4.69) is 24.0 Å². The SMILES string of the molecule is CCc1ccc2nc3cc(Cl)ccc3c(Cl)c2c1. The highest BCUT2D eigenvalue weighted by atomic mass is 35.5. The summed E-state index contributed by atoms with van der Waals surface area (Å²) in [7, 11) is 0. The largest absolute Gasteiger partial charge is 0.248 e. The van der Waals surface area contributed by atoms with Crippen LogP contribution in [-0.4, -0.2) is 4.98 Å². The third-order valence-electron chi connectivity index (χ3n) is 3.14. The van der Waals surface area contributed by atoms with Gasteiger partial charge >= 0.3 is 0 Å². The first-order valence-electron chi connectivity index (χ1n) is 5.86. The van der Waals surface area contributed by atoms with E-state index in [4.69, 9.17) is 23.2 Å². The molecular formula is C15H11Cl2N. The van der Waals surface area contributed by atoms with Crippen molar-refractivity contribution in [3.05, 3.63) is 52.0 Å². The summed E-state index contributed by atoms with van der Waals surface area (Å²) in [4.78, 5) is 4.61. The summed E-state index contributed by atoms with van der Waals surface area (Å²) in [5.74, 6) is 0. The molecule has 1 aromatic heterocycles. The second-order valence-electron chi connectivity index (χ2n) is 4.29. The summed E-state index contributed by atoms with van der Waals surface area (Å²) in [5.41, 5.74) is 3.01. The average Bonchev–Trinajstić information content (AvgIpc) is 2.38. The Labute approximate surface area is 115 Å². The third kappa shape index (κ3) is 1.84. The molecule has 0 aliphatic rings.